The zero-order valence-corrected chi connectivity index (χ0v) is 15.8. The van der Waals surface area contributed by atoms with Crippen LogP contribution in [0, 0.1) is 5.82 Å². The minimum atomic E-state index is -3.78. The highest BCUT2D eigenvalue weighted by atomic mass is 35.5. The number of sulfonamides is 1. The summed E-state index contributed by atoms with van der Waals surface area (Å²) >= 11 is 5.72. The highest BCUT2D eigenvalue weighted by molar-refractivity contribution is 7.89. The van der Waals surface area contributed by atoms with Crippen molar-refractivity contribution in [3.63, 3.8) is 0 Å². The Kier molecular flexibility index (Phi) is 5.74. The Morgan fingerprint density at radius 2 is 2.08 bits per heavy atom. The molecule has 0 aliphatic carbocycles. The van der Waals surface area contributed by atoms with Crippen molar-refractivity contribution in [2.45, 2.75) is 37.2 Å². The van der Waals surface area contributed by atoms with Gasteiger partial charge in [0.15, 0.2) is 0 Å². The van der Waals surface area contributed by atoms with Crippen molar-refractivity contribution in [3.05, 3.63) is 47.0 Å². The Labute approximate surface area is 157 Å². The monoisotopic (exact) mass is 399 g/mol. The van der Waals surface area contributed by atoms with E-state index in [0.29, 0.717) is 19.4 Å². The van der Waals surface area contributed by atoms with Crippen LogP contribution < -0.4 is 4.74 Å². The van der Waals surface area contributed by atoms with Crippen molar-refractivity contribution in [2.24, 2.45) is 0 Å². The van der Waals surface area contributed by atoms with Gasteiger partial charge in [0, 0.05) is 18.9 Å². The van der Waals surface area contributed by atoms with E-state index in [1.54, 1.807) is 12.4 Å². The molecule has 140 valence electrons. The third-order valence-corrected chi connectivity index (χ3v) is 6.38. The Hall–Kier alpha value is -1.77. The third-order valence-electron chi connectivity index (χ3n) is 4.23. The molecule has 6 nitrogen and oxygen atoms in total. The molecule has 0 radical (unpaired) electrons. The van der Waals surface area contributed by atoms with Crippen LogP contribution in [0.3, 0.4) is 0 Å². The van der Waals surface area contributed by atoms with Crippen LogP contribution in [-0.4, -0.2) is 41.9 Å². The van der Waals surface area contributed by atoms with Gasteiger partial charge in [-0.05, 0) is 43.0 Å². The summed E-state index contributed by atoms with van der Waals surface area (Å²) in [6, 6.07) is 3.63. The maximum Gasteiger partial charge on any atom is 0.316 e. The number of piperidine rings is 1. The molecule has 1 fully saturated rings. The first-order chi connectivity index (χ1) is 12.4. The van der Waals surface area contributed by atoms with Crippen LogP contribution in [0.25, 0.3) is 0 Å². The van der Waals surface area contributed by atoms with Gasteiger partial charge in [0.05, 0.1) is 16.5 Å². The van der Waals surface area contributed by atoms with Gasteiger partial charge in [0.1, 0.15) is 11.9 Å². The number of aromatic nitrogens is 2. The van der Waals surface area contributed by atoms with Crippen LogP contribution in [0.2, 0.25) is 5.02 Å². The van der Waals surface area contributed by atoms with Gasteiger partial charge in [-0.15, -0.1) is 0 Å². The summed E-state index contributed by atoms with van der Waals surface area (Å²) in [5.74, 6) is -0.654. The highest BCUT2D eigenvalue weighted by Crippen LogP contribution is 2.25. The summed E-state index contributed by atoms with van der Waals surface area (Å²) in [5.41, 5.74) is 0.999. The molecule has 2 heterocycles. The summed E-state index contributed by atoms with van der Waals surface area (Å²) in [4.78, 5) is 8.27. The molecule has 1 aromatic carbocycles. The lowest BCUT2D eigenvalue weighted by atomic mass is 10.1. The molecule has 1 unspecified atom stereocenters. The Morgan fingerprint density at radius 3 is 2.73 bits per heavy atom. The van der Waals surface area contributed by atoms with E-state index in [0.717, 1.165) is 24.1 Å². The molecule has 1 saturated heterocycles. The second kappa shape index (κ2) is 7.85. The van der Waals surface area contributed by atoms with Crippen molar-refractivity contribution >= 4 is 21.6 Å². The second-order valence-corrected chi connectivity index (χ2v) is 8.39. The summed E-state index contributed by atoms with van der Waals surface area (Å²) in [6.45, 7) is 2.55. The van der Waals surface area contributed by atoms with E-state index >= 15 is 0 Å². The Bertz CT molecular complexity index is 877. The maximum atomic E-state index is 13.3. The van der Waals surface area contributed by atoms with E-state index in [-0.39, 0.29) is 28.6 Å². The van der Waals surface area contributed by atoms with Crippen LogP contribution in [0.15, 0.2) is 35.5 Å². The van der Waals surface area contributed by atoms with Crippen molar-refractivity contribution in [3.8, 4) is 6.01 Å². The lowest BCUT2D eigenvalue weighted by Gasteiger charge is -2.31. The molecule has 0 amide bonds. The van der Waals surface area contributed by atoms with Gasteiger partial charge >= 0.3 is 6.01 Å². The van der Waals surface area contributed by atoms with Crippen molar-refractivity contribution < 1.29 is 17.5 Å². The molecular weight excluding hydrogens is 381 g/mol. The van der Waals surface area contributed by atoms with Gasteiger partial charge < -0.3 is 4.74 Å². The van der Waals surface area contributed by atoms with Crippen LogP contribution in [0.1, 0.15) is 25.3 Å². The number of rotatable bonds is 5. The molecule has 3 rings (SSSR count). The van der Waals surface area contributed by atoms with Crippen LogP contribution in [-0.2, 0) is 16.4 Å². The lowest BCUT2D eigenvalue weighted by Crippen LogP contribution is -2.44. The van der Waals surface area contributed by atoms with Crippen molar-refractivity contribution in [2.75, 3.05) is 13.1 Å². The van der Waals surface area contributed by atoms with E-state index in [9.17, 15) is 12.8 Å². The second-order valence-electron chi connectivity index (χ2n) is 6.05. The van der Waals surface area contributed by atoms with Crippen molar-refractivity contribution in [1.29, 1.82) is 0 Å². The Balaban J connectivity index is 1.73. The van der Waals surface area contributed by atoms with E-state index in [1.807, 2.05) is 6.92 Å². The Morgan fingerprint density at radius 1 is 1.35 bits per heavy atom. The lowest BCUT2D eigenvalue weighted by molar-refractivity contribution is 0.119. The quantitative estimate of drug-likeness (QED) is 0.772. The van der Waals surface area contributed by atoms with Crippen molar-refractivity contribution in [1.82, 2.24) is 14.3 Å². The molecule has 1 atom stereocenters. The summed E-state index contributed by atoms with van der Waals surface area (Å²) < 4.78 is 46.0. The topological polar surface area (TPSA) is 72.4 Å². The number of ether oxygens (including phenoxy) is 1. The maximum absolute atomic E-state index is 13.3. The number of hydrogen-bond acceptors (Lipinski definition) is 5. The molecule has 2 aromatic rings. The first-order valence-corrected chi connectivity index (χ1v) is 10.1. The van der Waals surface area contributed by atoms with Gasteiger partial charge in [-0.25, -0.2) is 22.8 Å². The number of benzene rings is 1. The fourth-order valence-corrected chi connectivity index (χ4v) is 4.52. The van der Waals surface area contributed by atoms with E-state index in [2.05, 4.69) is 9.97 Å². The average molecular weight is 400 g/mol. The molecule has 1 aromatic heterocycles. The largest absolute Gasteiger partial charge is 0.459 e. The molecule has 0 spiro atoms. The van der Waals surface area contributed by atoms with Gasteiger partial charge in [0.2, 0.25) is 10.0 Å². The number of aryl methyl sites for hydroxylation is 1. The zero-order valence-electron chi connectivity index (χ0n) is 14.2. The molecule has 1 aliphatic heterocycles. The number of halogens is 2. The minimum Gasteiger partial charge on any atom is -0.459 e. The SMILES string of the molecule is CCc1cnc(OC2CCCN(S(=O)(=O)c3ccc(F)c(Cl)c3)C2)nc1. The predicted octanol–water partition coefficient (Wildman–Crippen LogP) is 3.06. The molecule has 26 heavy (non-hydrogen) atoms. The first-order valence-electron chi connectivity index (χ1n) is 8.33. The molecular formula is C17H19ClFN3O3S. The number of hydrogen-bond donors (Lipinski definition) is 0. The summed E-state index contributed by atoms with van der Waals surface area (Å²) in [6.07, 6.45) is 5.22. The molecule has 0 bridgehead atoms. The smallest absolute Gasteiger partial charge is 0.316 e. The van der Waals surface area contributed by atoms with Crippen LogP contribution >= 0.6 is 11.6 Å². The molecule has 0 saturated carbocycles. The van der Waals surface area contributed by atoms with Gasteiger partial charge in [0.25, 0.3) is 0 Å². The van der Waals surface area contributed by atoms with E-state index in [4.69, 9.17) is 16.3 Å². The van der Waals surface area contributed by atoms with Crippen LogP contribution in [0.4, 0.5) is 4.39 Å². The third kappa shape index (κ3) is 4.13. The van der Waals surface area contributed by atoms with Gasteiger partial charge in [-0.2, -0.15) is 4.31 Å². The van der Waals surface area contributed by atoms with Gasteiger partial charge in [-0.1, -0.05) is 18.5 Å². The zero-order chi connectivity index (χ0) is 18.7. The number of nitrogens with zero attached hydrogens (tertiary/aromatic N) is 3. The van der Waals surface area contributed by atoms with Gasteiger partial charge in [-0.3, -0.25) is 0 Å². The van der Waals surface area contributed by atoms with E-state index in [1.165, 1.54) is 10.4 Å². The minimum absolute atomic E-state index is 0.0342. The molecule has 0 N–H and O–H groups in total. The first kappa shape index (κ1) is 19.0. The standard InChI is InChI=1S/C17H19ClFN3O3S/c1-2-12-9-20-17(21-10-12)25-13-4-3-7-22(11-13)26(23,24)14-5-6-16(19)15(18)8-14/h5-6,8-10,13H,2-4,7,11H2,1H3. The highest BCUT2D eigenvalue weighted by Gasteiger charge is 2.32. The normalized spacial score (nSPS) is 18.7. The molecule has 9 heteroatoms. The average Bonchev–Trinajstić information content (AvgIpc) is 2.65. The fraction of sp³-hybridized carbons (Fsp3) is 0.412. The summed E-state index contributed by atoms with van der Waals surface area (Å²) in [7, 11) is -3.78. The molecule has 1 aliphatic rings. The predicted molar refractivity (Wildman–Crippen MR) is 95.2 cm³/mol. The van der Waals surface area contributed by atoms with Crippen LogP contribution in [0.5, 0.6) is 6.01 Å². The summed E-state index contributed by atoms with van der Waals surface area (Å²) in [5, 5.41) is -0.222. The van der Waals surface area contributed by atoms with E-state index < -0.39 is 15.8 Å². The fourth-order valence-electron chi connectivity index (χ4n) is 2.74.